The van der Waals surface area contributed by atoms with Gasteiger partial charge in [0.1, 0.15) is 12.0 Å². The van der Waals surface area contributed by atoms with E-state index in [1.54, 1.807) is 6.33 Å². The van der Waals surface area contributed by atoms with E-state index >= 15 is 0 Å². The molecular weight excluding hydrogens is 408 g/mol. The molecule has 0 spiro atoms. The van der Waals surface area contributed by atoms with Gasteiger partial charge in [0.15, 0.2) is 5.65 Å². The van der Waals surface area contributed by atoms with E-state index in [-0.39, 0.29) is 0 Å². The molecule has 0 atom stereocenters. The van der Waals surface area contributed by atoms with Crippen molar-refractivity contribution < 1.29 is 0 Å². The smallest absolute Gasteiger partial charge is 0.162 e. The maximum absolute atomic E-state index is 5.06. The number of aromatic nitrogens is 5. The van der Waals surface area contributed by atoms with Crippen molar-refractivity contribution in [2.45, 2.75) is 18.9 Å². The van der Waals surface area contributed by atoms with E-state index in [2.05, 4.69) is 76.1 Å². The van der Waals surface area contributed by atoms with Crippen molar-refractivity contribution in [2.75, 3.05) is 20.6 Å². The number of rotatable bonds is 5. The first-order valence-electron chi connectivity index (χ1n) is 11.5. The highest BCUT2D eigenvalue weighted by molar-refractivity contribution is 5.94. The van der Waals surface area contributed by atoms with E-state index in [0.717, 1.165) is 69.8 Å². The number of pyridine rings is 1. The van der Waals surface area contributed by atoms with Crippen LogP contribution in [0.2, 0.25) is 0 Å². The third-order valence-electron chi connectivity index (χ3n) is 6.59. The highest BCUT2D eigenvalue weighted by Crippen LogP contribution is 2.40. The van der Waals surface area contributed by atoms with Gasteiger partial charge in [-0.15, -0.1) is 0 Å². The van der Waals surface area contributed by atoms with Gasteiger partial charge in [-0.3, -0.25) is 0 Å². The van der Waals surface area contributed by atoms with Crippen LogP contribution in [0.4, 0.5) is 0 Å². The van der Waals surface area contributed by atoms with Crippen LogP contribution < -0.4 is 0 Å². The highest BCUT2D eigenvalue weighted by atomic mass is 15.3. The summed E-state index contributed by atoms with van der Waals surface area (Å²) in [5.41, 5.74) is 5.94. The van der Waals surface area contributed by atoms with Crippen molar-refractivity contribution in [3.63, 3.8) is 0 Å². The molecule has 6 heteroatoms. The van der Waals surface area contributed by atoms with Crippen LogP contribution in [0.15, 0.2) is 73.2 Å². The zero-order valence-corrected chi connectivity index (χ0v) is 18.9. The van der Waals surface area contributed by atoms with Gasteiger partial charge < -0.3 is 4.90 Å². The quantitative estimate of drug-likeness (QED) is 0.379. The molecule has 0 unspecified atom stereocenters. The highest BCUT2D eigenvalue weighted by Gasteiger charge is 2.33. The van der Waals surface area contributed by atoms with E-state index in [4.69, 9.17) is 10.1 Å². The Bertz CT molecular complexity index is 1430. The summed E-state index contributed by atoms with van der Waals surface area (Å²) in [6, 6.07) is 21.3. The molecule has 1 fully saturated rings. The summed E-state index contributed by atoms with van der Waals surface area (Å²) in [6.07, 6.45) is 5.78. The normalized spacial score (nSPS) is 18.2. The van der Waals surface area contributed by atoms with Crippen molar-refractivity contribution in [3.8, 4) is 22.5 Å². The average molecular weight is 435 g/mol. The van der Waals surface area contributed by atoms with Crippen LogP contribution in [-0.2, 0) is 0 Å². The lowest BCUT2D eigenvalue weighted by atomic mass is 9.80. The predicted molar refractivity (Wildman–Crippen MR) is 132 cm³/mol. The predicted octanol–water partition coefficient (Wildman–Crippen LogP) is 5.22. The first kappa shape index (κ1) is 20.0. The van der Waals surface area contributed by atoms with Gasteiger partial charge in [-0.05, 0) is 45.0 Å². The molecule has 1 aliphatic rings. The molecule has 164 valence electrons. The zero-order chi connectivity index (χ0) is 22.4. The molecule has 5 aromatic rings. The molecule has 6 nitrogen and oxygen atoms in total. The van der Waals surface area contributed by atoms with Crippen molar-refractivity contribution in [3.05, 3.63) is 73.2 Å². The van der Waals surface area contributed by atoms with Gasteiger partial charge in [-0.1, -0.05) is 48.5 Å². The fourth-order valence-corrected chi connectivity index (χ4v) is 4.95. The molecule has 1 saturated carbocycles. The zero-order valence-electron chi connectivity index (χ0n) is 18.9. The van der Waals surface area contributed by atoms with Gasteiger partial charge in [0.25, 0.3) is 0 Å². The topological polar surface area (TPSA) is 59.7 Å². The van der Waals surface area contributed by atoms with Gasteiger partial charge >= 0.3 is 0 Å². The molecule has 0 N–H and O–H groups in total. The SMILES string of the molecule is CN(C)CC1CC(n2nc(-c3ccc4ccc(-c5ccccc5)nc4c3)c3cncnc32)C1. The number of nitrogens with zero attached hydrogens (tertiary/aromatic N) is 6. The first-order valence-corrected chi connectivity index (χ1v) is 11.5. The van der Waals surface area contributed by atoms with Crippen LogP contribution in [0.25, 0.3) is 44.5 Å². The van der Waals surface area contributed by atoms with Crippen molar-refractivity contribution in [1.29, 1.82) is 0 Å². The Morgan fingerprint density at radius 3 is 2.61 bits per heavy atom. The molecule has 6 rings (SSSR count). The van der Waals surface area contributed by atoms with Gasteiger partial charge in [0.05, 0.1) is 22.6 Å². The van der Waals surface area contributed by atoms with Crippen LogP contribution >= 0.6 is 0 Å². The summed E-state index contributed by atoms with van der Waals surface area (Å²) in [6.45, 7) is 1.12. The standard InChI is InChI=1S/C27H26N6/c1-32(2)16-18-12-22(13-18)33-27-23(15-28-17-29-27)26(31-33)21-9-8-20-10-11-24(30-25(20)14-21)19-6-4-3-5-7-19/h3-11,14-15,17-18,22H,12-13,16H2,1-2H3. The summed E-state index contributed by atoms with van der Waals surface area (Å²) in [4.78, 5) is 16.1. The fraction of sp³-hybridized carbons (Fsp3) is 0.259. The van der Waals surface area contributed by atoms with Crippen molar-refractivity contribution >= 4 is 21.9 Å². The third-order valence-corrected chi connectivity index (χ3v) is 6.59. The molecule has 0 saturated heterocycles. The Morgan fingerprint density at radius 1 is 0.970 bits per heavy atom. The summed E-state index contributed by atoms with van der Waals surface area (Å²) < 4.78 is 2.12. The summed E-state index contributed by atoms with van der Waals surface area (Å²) in [5, 5.41) is 7.16. The molecule has 0 radical (unpaired) electrons. The molecular formula is C27H26N6. The minimum Gasteiger partial charge on any atom is -0.309 e. The van der Waals surface area contributed by atoms with E-state index in [9.17, 15) is 0 Å². The molecule has 33 heavy (non-hydrogen) atoms. The van der Waals surface area contributed by atoms with Gasteiger partial charge in [0, 0.05) is 29.3 Å². The second-order valence-electron chi connectivity index (χ2n) is 9.28. The lowest BCUT2D eigenvalue weighted by molar-refractivity contribution is 0.149. The Morgan fingerprint density at radius 2 is 1.79 bits per heavy atom. The molecule has 3 aromatic heterocycles. The minimum absolute atomic E-state index is 0.393. The largest absolute Gasteiger partial charge is 0.309 e. The Labute approximate surface area is 192 Å². The van der Waals surface area contributed by atoms with Crippen LogP contribution in [0.3, 0.4) is 0 Å². The Hall–Kier alpha value is -3.64. The maximum Gasteiger partial charge on any atom is 0.162 e. The van der Waals surface area contributed by atoms with Gasteiger partial charge in [-0.2, -0.15) is 5.10 Å². The monoisotopic (exact) mass is 434 g/mol. The van der Waals surface area contributed by atoms with Crippen LogP contribution in [0.1, 0.15) is 18.9 Å². The van der Waals surface area contributed by atoms with Crippen LogP contribution in [0, 0.1) is 5.92 Å². The first-order chi connectivity index (χ1) is 16.2. The summed E-state index contributed by atoms with van der Waals surface area (Å²) in [7, 11) is 4.28. The number of fused-ring (bicyclic) bond motifs is 2. The molecule has 3 heterocycles. The molecule has 2 aromatic carbocycles. The van der Waals surface area contributed by atoms with Gasteiger partial charge in [0.2, 0.25) is 0 Å². The molecule has 1 aliphatic carbocycles. The number of hydrogen-bond donors (Lipinski definition) is 0. The second kappa shape index (κ2) is 8.05. The average Bonchev–Trinajstić information content (AvgIpc) is 3.20. The molecule has 0 bridgehead atoms. The van der Waals surface area contributed by atoms with Crippen LogP contribution in [0.5, 0.6) is 0 Å². The van der Waals surface area contributed by atoms with E-state index in [0.29, 0.717) is 6.04 Å². The van der Waals surface area contributed by atoms with Crippen molar-refractivity contribution in [1.82, 2.24) is 29.6 Å². The van der Waals surface area contributed by atoms with Crippen molar-refractivity contribution in [2.24, 2.45) is 5.92 Å². The minimum atomic E-state index is 0.393. The Balaban J connectivity index is 1.40. The molecule has 0 amide bonds. The van der Waals surface area contributed by atoms with E-state index in [1.807, 2.05) is 24.4 Å². The second-order valence-corrected chi connectivity index (χ2v) is 9.28. The summed E-state index contributed by atoms with van der Waals surface area (Å²) >= 11 is 0. The lowest BCUT2D eigenvalue weighted by Crippen LogP contribution is -2.34. The molecule has 0 aliphatic heterocycles. The maximum atomic E-state index is 5.06. The fourth-order valence-electron chi connectivity index (χ4n) is 4.95. The van der Waals surface area contributed by atoms with E-state index in [1.165, 1.54) is 0 Å². The third kappa shape index (κ3) is 3.66. The van der Waals surface area contributed by atoms with Gasteiger partial charge in [-0.25, -0.2) is 19.6 Å². The number of hydrogen-bond acceptors (Lipinski definition) is 5. The number of benzene rings is 2. The Kier molecular flexibility index (Phi) is 4.88. The van der Waals surface area contributed by atoms with E-state index < -0.39 is 0 Å². The van der Waals surface area contributed by atoms with Crippen LogP contribution in [-0.4, -0.2) is 50.3 Å². The summed E-state index contributed by atoms with van der Waals surface area (Å²) in [5.74, 6) is 0.718. The lowest BCUT2D eigenvalue weighted by Gasteiger charge is -2.37.